The van der Waals surface area contributed by atoms with Crippen molar-refractivity contribution in [3.8, 4) is 22.5 Å². The van der Waals surface area contributed by atoms with Crippen LogP contribution < -0.4 is 20.4 Å². The summed E-state index contributed by atoms with van der Waals surface area (Å²) in [5.41, 5.74) is 7.19. The number of methoxy groups -OCH3 is 1. The Hall–Kier alpha value is -6.91. The lowest BCUT2D eigenvalue weighted by molar-refractivity contribution is -0.136. The van der Waals surface area contributed by atoms with E-state index in [2.05, 4.69) is 91.1 Å². The Balaban J connectivity index is 0.934. The van der Waals surface area contributed by atoms with Gasteiger partial charge < -0.3 is 50.0 Å². The Labute approximate surface area is 409 Å². The fraction of sp³-hybridized carbons (Fsp3) is 0.491. The molecule has 9 rings (SSSR count). The Morgan fingerprint density at radius 3 is 1.54 bits per heavy atom. The van der Waals surface area contributed by atoms with Crippen molar-refractivity contribution in [3.05, 3.63) is 102 Å². The third kappa shape index (κ3) is 10.1. The number of rotatable bonds is 14. The van der Waals surface area contributed by atoms with E-state index in [1.54, 1.807) is 4.90 Å². The van der Waals surface area contributed by atoms with Crippen molar-refractivity contribution in [2.24, 2.45) is 11.8 Å². The van der Waals surface area contributed by atoms with E-state index >= 15 is 0 Å². The predicted molar refractivity (Wildman–Crippen MR) is 267 cm³/mol. The molecule has 0 aliphatic carbocycles. The van der Waals surface area contributed by atoms with Crippen LogP contribution in [-0.4, -0.2) is 109 Å². The lowest BCUT2D eigenvalue weighted by atomic mass is 10.0. The molecule has 4 amide bonds. The van der Waals surface area contributed by atoms with E-state index in [1.807, 2.05) is 51.2 Å². The number of piperidine rings is 1. The van der Waals surface area contributed by atoms with Crippen LogP contribution in [0, 0.1) is 11.8 Å². The number of aromatic amines is 2. The molecule has 0 bridgehead atoms. The predicted octanol–water partition coefficient (Wildman–Crippen LogP) is 8.93. The highest BCUT2D eigenvalue weighted by Gasteiger charge is 2.40. The van der Waals surface area contributed by atoms with E-state index in [0.29, 0.717) is 18.9 Å². The number of alkyl carbamates (subject to hydrolysis) is 1. The van der Waals surface area contributed by atoms with Crippen molar-refractivity contribution >= 4 is 35.5 Å². The summed E-state index contributed by atoms with van der Waals surface area (Å²) in [4.78, 5) is 81.1. The molecule has 2 aromatic carbocycles. The van der Waals surface area contributed by atoms with Gasteiger partial charge in [0.1, 0.15) is 29.6 Å². The van der Waals surface area contributed by atoms with Gasteiger partial charge in [-0.2, -0.15) is 0 Å². The second kappa shape index (κ2) is 21.0. The summed E-state index contributed by atoms with van der Waals surface area (Å²) < 4.78 is 4.81. The number of aromatic nitrogens is 5. The summed E-state index contributed by atoms with van der Waals surface area (Å²) in [5.74, 6) is 1.78. The average Bonchev–Trinajstić information content (AvgIpc) is 4.24. The highest BCUT2D eigenvalue weighted by Crippen LogP contribution is 2.47. The van der Waals surface area contributed by atoms with E-state index in [4.69, 9.17) is 19.7 Å². The number of carbonyl (C=O) groups excluding carboxylic acids is 3. The first kappa shape index (κ1) is 48.1. The number of nitrogens with one attached hydrogen (secondary N) is 4. The Kier molecular flexibility index (Phi) is 14.4. The maximum atomic E-state index is 13.8. The van der Waals surface area contributed by atoms with Gasteiger partial charge in [0.05, 0.1) is 66.9 Å². The molecule has 370 valence electrons. The molecule has 70 heavy (non-hydrogen) atoms. The summed E-state index contributed by atoms with van der Waals surface area (Å²) in [5, 5.41) is 14.6. The molecular weight excluding hydrogens is 887 g/mol. The largest absolute Gasteiger partial charge is 0.465 e. The highest BCUT2D eigenvalue weighted by atomic mass is 16.5. The number of pyridine rings is 1. The van der Waals surface area contributed by atoms with Crippen LogP contribution in [0.5, 0.6) is 0 Å². The number of H-pyrrole nitrogens is 2. The minimum Gasteiger partial charge on any atom is -0.465 e. The van der Waals surface area contributed by atoms with E-state index in [-0.39, 0.29) is 47.8 Å². The number of hydrogen-bond donors (Lipinski definition) is 5. The maximum absolute atomic E-state index is 13.8. The van der Waals surface area contributed by atoms with Crippen LogP contribution >= 0.6 is 0 Å². The molecule has 0 radical (unpaired) electrons. The smallest absolute Gasteiger partial charge is 0.407 e. The number of carbonyl (C=O) groups is 4. The normalized spacial score (nSPS) is 21.4. The molecule has 7 heterocycles. The first-order valence-electron chi connectivity index (χ1n) is 25.1. The third-order valence-corrected chi connectivity index (χ3v) is 14.8. The molecule has 4 aliphatic rings. The van der Waals surface area contributed by atoms with E-state index in [9.17, 15) is 24.3 Å². The third-order valence-electron chi connectivity index (χ3n) is 14.8. The number of benzene rings is 2. The molecule has 17 nitrogen and oxygen atoms in total. The summed E-state index contributed by atoms with van der Waals surface area (Å²) in [6.45, 7) is 10.7. The molecular formula is C53H67N11O6. The fourth-order valence-electron chi connectivity index (χ4n) is 11.1. The molecule has 0 saturated carbocycles. The molecule has 3 aromatic heterocycles. The average molecular weight is 954 g/mol. The minimum atomic E-state index is -1.21. The van der Waals surface area contributed by atoms with Crippen LogP contribution in [-0.2, 0) is 14.3 Å². The van der Waals surface area contributed by atoms with Crippen molar-refractivity contribution in [1.29, 1.82) is 0 Å². The van der Waals surface area contributed by atoms with Gasteiger partial charge in [-0.3, -0.25) is 9.59 Å². The second-order valence-electron chi connectivity index (χ2n) is 20.0. The van der Waals surface area contributed by atoms with Gasteiger partial charge in [-0.25, -0.2) is 24.5 Å². The van der Waals surface area contributed by atoms with Crippen molar-refractivity contribution < 1.29 is 29.0 Å². The van der Waals surface area contributed by atoms with Crippen molar-refractivity contribution in [3.63, 3.8) is 0 Å². The van der Waals surface area contributed by atoms with Gasteiger partial charge in [0.15, 0.2) is 0 Å². The van der Waals surface area contributed by atoms with Gasteiger partial charge in [0.2, 0.25) is 11.8 Å². The van der Waals surface area contributed by atoms with Crippen molar-refractivity contribution in [2.45, 2.75) is 122 Å². The SMILES string of the molecule is COC(=O)N[C@H](C(=O)N1CCC[C@H]1c1ncc(-c2ccc([C@H]3CC[C@H](c4ccc(-c5cnc([C@@H]6CCCN6C(=O)[C@@H](NC(=O)O)C(C)C)[nH]5)cc4)N3c3ccc(N4CCCCC4)nc3)cc2)[nH]1)C(C)C. The molecule has 0 spiro atoms. The molecule has 4 aliphatic heterocycles. The number of ether oxygens (including phenoxy) is 1. The number of likely N-dealkylation sites (tertiary alicyclic amines) is 2. The number of anilines is 2. The monoisotopic (exact) mass is 954 g/mol. The maximum Gasteiger partial charge on any atom is 0.407 e. The van der Waals surface area contributed by atoms with Gasteiger partial charge in [-0.1, -0.05) is 76.2 Å². The Morgan fingerprint density at radius 2 is 1.10 bits per heavy atom. The van der Waals surface area contributed by atoms with Crippen molar-refractivity contribution in [1.82, 2.24) is 45.4 Å². The summed E-state index contributed by atoms with van der Waals surface area (Å²) in [6, 6.07) is 20.0. The molecule has 6 atom stereocenters. The molecule has 17 heteroatoms. The number of amides is 4. The number of hydrogen-bond acceptors (Lipinski definition) is 10. The van der Waals surface area contributed by atoms with E-state index in [0.717, 1.165) is 91.5 Å². The standard InChI is InChI=1S/C53H67N11O6/c1-32(2)46(59-52(67)68)50(65)62-27-9-11-43(62)48-55-30-39(57-48)34-13-17-36(18-14-34)41-22-23-42(64(41)38-21-24-45(54-29-38)61-25-7-6-8-26-61)37-19-15-35(16-20-37)40-31-56-49(58-40)44-12-10-28-63(44)51(66)47(33(3)4)60-53(69)70-5/h13-21,24,29-33,41-44,46-47,59H,6-12,22-23,25-28H2,1-5H3,(H,55,57)(H,56,58)(H,60,69)(H,67,68)/t41-,42-,43+,44+,46+,47+/m1/s1. The molecule has 0 unspecified atom stereocenters. The number of imidazole rings is 2. The zero-order valence-electron chi connectivity index (χ0n) is 40.9. The van der Waals surface area contributed by atoms with Crippen LogP contribution in [0.1, 0.15) is 132 Å². The first-order chi connectivity index (χ1) is 33.9. The van der Waals surface area contributed by atoms with Crippen LogP contribution in [0.3, 0.4) is 0 Å². The van der Waals surface area contributed by atoms with Gasteiger partial charge in [0, 0.05) is 26.2 Å². The topological polar surface area (TPSA) is 205 Å². The fourth-order valence-corrected chi connectivity index (χ4v) is 11.1. The van der Waals surface area contributed by atoms with Crippen LogP contribution in [0.25, 0.3) is 22.5 Å². The quantitative estimate of drug-likeness (QED) is 0.0711. The molecule has 5 N–H and O–H groups in total. The molecule has 4 fully saturated rings. The van der Waals surface area contributed by atoms with Crippen LogP contribution in [0.4, 0.5) is 21.1 Å². The lowest BCUT2D eigenvalue weighted by Crippen LogP contribution is -2.51. The zero-order chi connectivity index (χ0) is 49.1. The van der Waals surface area contributed by atoms with Gasteiger partial charge >= 0.3 is 12.2 Å². The van der Waals surface area contributed by atoms with E-state index < -0.39 is 24.3 Å². The van der Waals surface area contributed by atoms with Gasteiger partial charge in [0.25, 0.3) is 0 Å². The first-order valence-corrected chi connectivity index (χ1v) is 25.1. The molecule has 4 saturated heterocycles. The summed E-state index contributed by atoms with van der Waals surface area (Å²) >= 11 is 0. The number of nitrogens with zero attached hydrogens (tertiary/aromatic N) is 7. The van der Waals surface area contributed by atoms with Crippen LogP contribution in [0.2, 0.25) is 0 Å². The van der Waals surface area contributed by atoms with E-state index in [1.165, 1.54) is 37.5 Å². The lowest BCUT2D eigenvalue weighted by Gasteiger charge is -2.34. The summed E-state index contributed by atoms with van der Waals surface area (Å²) in [6.07, 6.45) is 12.6. The summed E-state index contributed by atoms with van der Waals surface area (Å²) in [7, 11) is 1.30. The minimum absolute atomic E-state index is 0.0930. The Morgan fingerprint density at radius 1 is 0.600 bits per heavy atom. The highest BCUT2D eigenvalue weighted by molar-refractivity contribution is 5.87. The van der Waals surface area contributed by atoms with Crippen LogP contribution in [0.15, 0.2) is 79.3 Å². The molecule has 5 aromatic rings. The Bertz CT molecular complexity index is 2610. The number of carboxylic acid groups (broad SMARTS) is 1. The second-order valence-corrected chi connectivity index (χ2v) is 20.0. The van der Waals surface area contributed by atoms with Crippen molar-refractivity contribution in [2.75, 3.05) is 43.1 Å². The van der Waals surface area contributed by atoms with Gasteiger partial charge in [-0.05, 0) is 104 Å². The van der Waals surface area contributed by atoms with Gasteiger partial charge in [-0.15, -0.1) is 0 Å². The zero-order valence-corrected chi connectivity index (χ0v) is 40.9.